The molecule has 0 N–H and O–H groups in total. The summed E-state index contributed by atoms with van der Waals surface area (Å²) in [6, 6.07) is 6.49. The predicted molar refractivity (Wildman–Crippen MR) is 49.0 cm³/mol. The normalized spacial score (nSPS) is 10.8. The molecule has 0 atom stereocenters. The second kappa shape index (κ2) is 3.19. The maximum Gasteiger partial charge on any atom is 0.175 e. The summed E-state index contributed by atoms with van der Waals surface area (Å²) in [7, 11) is -3.21. The van der Waals surface area contributed by atoms with E-state index in [1.165, 1.54) is 6.07 Å². The van der Waals surface area contributed by atoms with Crippen molar-refractivity contribution < 1.29 is 8.42 Å². The fraction of sp³-hybridized carbons (Fsp3) is 0.222. The van der Waals surface area contributed by atoms with Gasteiger partial charge in [-0.2, -0.15) is 5.26 Å². The van der Waals surface area contributed by atoms with Crippen molar-refractivity contribution in [1.82, 2.24) is 0 Å². The molecule has 0 radical (unpaired) electrons. The Morgan fingerprint density at radius 2 is 1.92 bits per heavy atom. The van der Waals surface area contributed by atoms with Crippen LogP contribution in [0.1, 0.15) is 11.1 Å². The molecule has 0 aromatic heterocycles. The average molecular weight is 195 g/mol. The fourth-order valence-electron chi connectivity index (χ4n) is 1.03. The standard InChI is InChI=1S/C9H9NO2S/c1-7-3-8(6-10)5-9(4-7)13(2,11)12/h3-5H,1-2H3. The van der Waals surface area contributed by atoms with Gasteiger partial charge < -0.3 is 0 Å². The zero-order valence-electron chi connectivity index (χ0n) is 7.40. The Morgan fingerprint density at radius 1 is 1.31 bits per heavy atom. The van der Waals surface area contributed by atoms with Gasteiger partial charge in [-0.1, -0.05) is 0 Å². The van der Waals surface area contributed by atoms with Crippen molar-refractivity contribution in [2.24, 2.45) is 0 Å². The SMILES string of the molecule is Cc1cc(C#N)cc(S(C)(=O)=O)c1. The number of benzene rings is 1. The van der Waals surface area contributed by atoms with Gasteiger partial charge in [0.25, 0.3) is 0 Å². The van der Waals surface area contributed by atoms with Gasteiger partial charge in [-0.15, -0.1) is 0 Å². The third kappa shape index (κ3) is 2.30. The van der Waals surface area contributed by atoms with Gasteiger partial charge in [0.2, 0.25) is 0 Å². The second-order valence-electron chi connectivity index (χ2n) is 2.92. The third-order valence-corrected chi connectivity index (χ3v) is 2.70. The van der Waals surface area contributed by atoms with Crippen LogP contribution in [0.25, 0.3) is 0 Å². The Bertz CT molecular complexity index is 469. The lowest BCUT2D eigenvalue weighted by atomic mass is 10.2. The van der Waals surface area contributed by atoms with E-state index in [0.717, 1.165) is 11.8 Å². The van der Waals surface area contributed by atoms with Crippen LogP contribution in [0.3, 0.4) is 0 Å². The molecule has 1 rings (SSSR count). The van der Waals surface area contributed by atoms with Gasteiger partial charge in [-0.05, 0) is 30.7 Å². The summed E-state index contributed by atoms with van der Waals surface area (Å²) in [5.41, 5.74) is 1.15. The van der Waals surface area contributed by atoms with Crippen molar-refractivity contribution in [1.29, 1.82) is 5.26 Å². The monoisotopic (exact) mass is 195 g/mol. The highest BCUT2D eigenvalue weighted by molar-refractivity contribution is 7.90. The van der Waals surface area contributed by atoms with Crippen LogP contribution in [-0.2, 0) is 9.84 Å². The summed E-state index contributed by atoms with van der Waals surface area (Å²) >= 11 is 0. The van der Waals surface area contributed by atoms with Gasteiger partial charge in [0, 0.05) is 6.26 Å². The molecule has 0 aliphatic rings. The molecule has 4 heteroatoms. The quantitative estimate of drug-likeness (QED) is 0.678. The average Bonchev–Trinajstić information content (AvgIpc) is 2.01. The highest BCUT2D eigenvalue weighted by Crippen LogP contribution is 2.13. The first-order valence-electron chi connectivity index (χ1n) is 3.65. The zero-order chi connectivity index (χ0) is 10.1. The Kier molecular flexibility index (Phi) is 2.39. The lowest BCUT2D eigenvalue weighted by molar-refractivity contribution is 0.602. The maximum absolute atomic E-state index is 11.1. The van der Waals surface area contributed by atoms with E-state index in [4.69, 9.17) is 5.26 Å². The highest BCUT2D eigenvalue weighted by atomic mass is 32.2. The zero-order valence-corrected chi connectivity index (χ0v) is 8.22. The van der Waals surface area contributed by atoms with E-state index < -0.39 is 9.84 Å². The Labute approximate surface area is 77.5 Å². The fourth-order valence-corrected chi connectivity index (χ4v) is 1.77. The van der Waals surface area contributed by atoms with Crippen LogP contribution in [-0.4, -0.2) is 14.7 Å². The smallest absolute Gasteiger partial charge is 0.175 e. The van der Waals surface area contributed by atoms with Gasteiger partial charge in [0.05, 0.1) is 16.5 Å². The van der Waals surface area contributed by atoms with Crippen molar-refractivity contribution in [2.45, 2.75) is 11.8 Å². The molecule has 0 aliphatic heterocycles. The molecule has 1 aromatic carbocycles. The lowest BCUT2D eigenvalue weighted by Gasteiger charge is -2.00. The van der Waals surface area contributed by atoms with Crippen LogP contribution in [0.4, 0.5) is 0 Å². The molecule has 0 saturated carbocycles. The van der Waals surface area contributed by atoms with Crippen LogP contribution < -0.4 is 0 Å². The molecule has 0 amide bonds. The summed E-state index contributed by atoms with van der Waals surface area (Å²) in [5, 5.41) is 8.61. The number of nitrogens with zero attached hydrogens (tertiary/aromatic N) is 1. The largest absolute Gasteiger partial charge is 0.224 e. The summed E-state index contributed by atoms with van der Waals surface area (Å²) < 4.78 is 22.3. The van der Waals surface area contributed by atoms with Crippen LogP contribution >= 0.6 is 0 Å². The van der Waals surface area contributed by atoms with Crippen LogP contribution in [0.15, 0.2) is 23.1 Å². The molecule has 13 heavy (non-hydrogen) atoms. The van der Waals surface area contributed by atoms with Crippen LogP contribution in [0.2, 0.25) is 0 Å². The molecule has 0 saturated heterocycles. The Hall–Kier alpha value is -1.34. The molecule has 0 unspecified atom stereocenters. The van der Waals surface area contributed by atoms with Gasteiger partial charge in [0.1, 0.15) is 0 Å². The molecule has 68 valence electrons. The van der Waals surface area contributed by atoms with E-state index in [-0.39, 0.29) is 4.90 Å². The van der Waals surface area contributed by atoms with Crippen molar-refractivity contribution in [3.05, 3.63) is 29.3 Å². The molecule has 0 heterocycles. The molecule has 3 nitrogen and oxygen atoms in total. The first-order valence-corrected chi connectivity index (χ1v) is 5.54. The summed E-state index contributed by atoms with van der Waals surface area (Å²) in [6.45, 7) is 1.76. The topological polar surface area (TPSA) is 57.9 Å². The number of nitriles is 1. The van der Waals surface area contributed by atoms with Crippen molar-refractivity contribution in [3.63, 3.8) is 0 Å². The Morgan fingerprint density at radius 3 is 2.38 bits per heavy atom. The van der Waals surface area contributed by atoms with E-state index in [0.29, 0.717) is 5.56 Å². The molecule has 0 spiro atoms. The van der Waals surface area contributed by atoms with E-state index in [1.807, 2.05) is 6.07 Å². The molecule has 0 fully saturated rings. The lowest BCUT2D eigenvalue weighted by Crippen LogP contribution is -1.98. The van der Waals surface area contributed by atoms with Gasteiger partial charge in [0.15, 0.2) is 9.84 Å². The maximum atomic E-state index is 11.1. The molecule has 0 aliphatic carbocycles. The number of sulfone groups is 1. The van der Waals surface area contributed by atoms with E-state index in [9.17, 15) is 8.42 Å². The minimum atomic E-state index is -3.21. The molecular formula is C9H9NO2S. The first kappa shape index (κ1) is 9.75. The van der Waals surface area contributed by atoms with Crippen molar-refractivity contribution >= 4 is 9.84 Å². The second-order valence-corrected chi connectivity index (χ2v) is 4.93. The predicted octanol–water partition coefficient (Wildman–Crippen LogP) is 1.27. The van der Waals surface area contributed by atoms with Crippen molar-refractivity contribution in [3.8, 4) is 6.07 Å². The van der Waals surface area contributed by atoms with Crippen LogP contribution in [0.5, 0.6) is 0 Å². The third-order valence-electron chi connectivity index (χ3n) is 1.61. The minimum Gasteiger partial charge on any atom is -0.224 e. The molecule has 1 aromatic rings. The van der Waals surface area contributed by atoms with E-state index >= 15 is 0 Å². The van der Waals surface area contributed by atoms with Crippen molar-refractivity contribution in [2.75, 3.05) is 6.26 Å². The number of hydrogen-bond donors (Lipinski definition) is 0. The number of aryl methyl sites for hydroxylation is 1. The molecular weight excluding hydrogens is 186 g/mol. The molecule has 0 bridgehead atoms. The summed E-state index contributed by atoms with van der Waals surface area (Å²) in [5.74, 6) is 0. The van der Waals surface area contributed by atoms with E-state index in [1.54, 1.807) is 19.1 Å². The Balaban J connectivity index is 3.44. The van der Waals surface area contributed by atoms with Crippen LogP contribution in [0, 0.1) is 18.3 Å². The number of rotatable bonds is 1. The summed E-state index contributed by atoms with van der Waals surface area (Å²) in [6.07, 6.45) is 1.13. The van der Waals surface area contributed by atoms with Gasteiger partial charge in [-0.25, -0.2) is 8.42 Å². The van der Waals surface area contributed by atoms with Gasteiger partial charge in [-0.3, -0.25) is 0 Å². The van der Waals surface area contributed by atoms with E-state index in [2.05, 4.69) is 0 Å². The highest BCUT2D eigenvalue weighted by Gasteiger charge is 2.08. The number of hydrogen-bond acceptors (Lipinski definition) is 3. The summed E-state index contributed by atoms with van der Waals surface area (Å²) in [4.78, 5) is 0.198. The van der Waals surface area contributed by atoms with Gasteiger partial charge >= 0.3 is 0 Å². The minimum absolute atomic E-state index is 0.198. The first-order chi connectivity index (χ1) is 5.93.